The third-order valence-corrected chi connectivity index (χ3v) is 5.02. The minimum Gasteiger partial charge on any atom is -0.493 e. The highest BCUT2D eigenvalue weighted by molar-refractivity contribution is 5.81. The Kier molecular flexibility index (Phi) is 9.55. The molecule has 0 unspecified atom stereocenters. The van der Waals surface area contributed by atoms with E-state index in [-0.39, 0.29) is 10.8 Å². The van der Waals surface area contributed by atoms with Gasteiger partial charge in [0, 0.05) is 17.2 Å². The summed E-state index contributed by atoms with van der Waals surface area (Å²) < 4.78 is 6.36. The Morgan fingerprint density at radius 3 is 2.06 bits per heavy atom. The normalized spacial score (nSPS) is 13.5. The smallest absolute Gasteiger partial charge is 0.328 e. The summed E-state index contributed by atoms with van der Waals surface area (Å²) in [4.78, 5) is 10.8. The maximum Gasteiger partial charge on any atom is 0.328 e. The van der Waals surface area contributed by atoms with Gasteiger partial charge >= 0.3 is 5.97 Å². The van der Waals surface area contributed by atoms with E-state index in [1.54, 1.807) is 6.92 Å². The fourth-order valence-corrected chi connectivity index (χ4v) is 3.21. The fraction of sp³-hybridized carbons (Fsp3) is 0.464. The summed E-state index contributed by atoms with van der Waals surface area (Å²) in [6.07, 6.45) is 10.8. The molecule has 0 radical (unpaired) electrons. The largest absolute Gasteiger partial charge is 0.493 e. The van der Waals surface area contributed by atoms with Gasteiger partial charge in [0.25, 0.3) is 0 Å². The second-order valence-corrected chi connectivity index (χ2v) is 10.1. The SMILES string of the molecule is C=CCCCOc1c(C(C)(C)C)cc(/C(C)=C/C=C/C(C)=C/C(=O)O)cc1C(C)(C)C. The average Bonchev–Trinajstić information content (AvgIpc) is 2.62. The molecule has 1 rings (SSSR count). The van der Waals surface area contributed by atoms with Gasteiger partial charge in [-0.25, -0.2) is 4.79 Å². The first-order valence-corrected chi connectivity index (χ1v) is 11.0. The number of carbonyl (C=O) groups is 1. The summed E-state index contributed by atoms with van der Waals surface area (Å²) in [7, 11) is 0. The van der Waals surface area contributed by atoms with Gasteiger partial charge in [-0.3, -0.25) is 0 Å². The number of carboxylic acid groups (broad SMARTS) is 1. The maximum absolute atomic E-state index is 10.8. The monoisotopic (exact) mass is 424 g/mol. The van der Waals surface area contributed by atoms with Gasteiger partial charge in [-0.2, -0.15) is 0 Å². The highest BCUT2D eigenvalue weighted by atomic mass is 16.5. The van der Waals surface area contributed by atoms with Gasteiger partial charge in [-0.1, -0.05) is 65.8 Å². The molecule has 1 aromatic rings. The Balaban J connectivity index is 3.49. The molecule has 3 heteroatoms. The van der Waals surface area contributed by atoms with Crippen LogP contribution in [0.5, 0.6) is 5.75 Å². The molecule has 0 saturated heterocycles. The van der Waals surface area contributed by atoms with Crippen molar-refractivity contribution in [3.8, 4) is 5.75 Å². The van der Waals surface area contributed by atoms with Crippen LogP contribution < -0.4 is 4.74 Å². The van der Waals surface area contributed by atoms with E-state index in [0.717, 1.165) is 29.7 Å². The molecular formula is C28H40O3. The molecule has 0 aliphatic carbocycles. The van der Waals surface area contributed by atoms with Crippen LogP contribution in [-0.2, 0) is 15.6 Å². The van der Waals surface area contributed by atoms with Crippen LogP contribution in [0, 0.1) is 0 Å². The molecular weight excluding hydrogens is 384 g/mol. The van der Waals surface area contributed by atoms with E-state index in [1.165, 1.54) is 17.2 Å². The number of benzene rings is 1. The van der Waals surface area contributed by atoms with Crippen LogP contribution in [0.25, 0.3) is 5.57 Å². The Hall–Kier alpha value is -2.55. The van der Waals surface area contributed by atoms with E-state index in [1.807, 2.05) is 24.3 Å². The summed E-state index contributed by atoms with van der Waals surface area (Å²) in [5.74, 6) is 0.0626. The van der Waals surface area contributed by atoms with Gasteiger partial charge in [0.05, 0.1) is 6.61 Å². The number of allylic oxidation sites excluding steroid dienone is 6. The highest BCUT2D eigenvalue weighted by Gasteiger charge is 2.28. The lowest BCUT2D eigenvalue weighted by Crippen LogP contribution is -2.20. The lowest BCUT2D eigenvalue weighted by Gasteiger charge is -2.31. The van der Waals surface area contributed by atoms with Crippen LogP contribution in [0.4, 0.5) is 0 Å². The van der Waals surface area contributed by atoms with Gasteiger partial charge in [-0.15, -0.1) is 6.58 Å². The van der Waals surface area contributed by atoms with Crippen LogP contribution in [0.15, 0.2) is 54.7 Å². The molecule has 1 aromatic carbocycles. The summed E-state index contributed by atoms with van der Waals surface area (Å²) in [5.41, 5.74) is 5.23. The minimum atomic E-state index is -0.934. The molecule has 31 heavy (non-hydrogen) atoms. The zero-order valence-electron chi connectivity index (χ0n) is 20.6. The number of rotatable bonds is 9. The molecule has 0 aliphatic rings. The number of aliphatic carboxylic acids is 1. The predicted octanol–water partition coefficient (Wildman–Crippen LogP) is 7.62. The Morgan fingerprint density at radius 1 is 1.06 bits per heavy atom. The van der Waals surface area contributed by atoms with E-state index in [0.29, 0.717) is 12.2 Å². The van der Waals surface area contributed by atoms with E-state index in [2.05, 4.69) is 67.2 Å². The summed E-state index contributed by atoms with van der Waals surface area (Å²) in [6.45, 7) is 21.6. The van der Waals surface area contributed by atoms with Crippen molar-refractivity contribution in [1.29, 1.82) is 0 Å². The zero-order chi connectivity index (χ0) is 23.8. The van der Waals surface area contributed by atoms with Gasteiger partial charge in [0.2, 0.25) is 0 Å². The Labute approximate surface area is 189 Å². The van der Waals surface area contributed by atoms with E-state index >= 15 is 0 Å². The van der Waals surface area contributed by atoms with Crippen molar-refractivity contribution in [3.05, 3.63) is 71.4 Å². The first kappa shape index (κ1) is 26.5. The van der Waals surface area contributed by atoms with Crippen molar-refractivity contribution in [2.45, 2.75) is 79.1 Å². The van der Waals surface area contributed by atoms with Crippen LogP contribution in [0.1, 0.15) is 84.9 Å². The molecule has 1 N–H and O–H groups in total. The van der Waals surface area contributed by atoms with Crippen molar-refractivity contribution in [1.82, 2.24) is 0 Å². The van der Waals surface area contributed by atoms with Gasteiger partial charge in [0.15, 0.2) is 0 Å². The number of ether oxygens (including phenoxy) is 1. The second-order valence-electron chi connectivity index (χ2n) is 10.1. The first-order valence-electron chi connectivity index (χ1n) is 11.0. The third-order valence-electron chi connectivity index (χ3n) is 5.02. The molecule has 0 spiro atoms. The molecule has 0 atom stereocenters. The summed E-state index contributed by atoms with van der Waals surface area (Å²) >= 11 is 0. The van der Waals surface area contributed by atoms with Gasteiger partial charge in [-0.05, 0) is 66.4 Å². The standard InChI is InChI=1S/C28H40O3/c1-10-11-12-16-31-26-23(27(4,5)6)18-22(19-24(26)28(7,8)9)21(3)15-13-14-20(2)17-25(29)30/h10,13-15,17-19H,1,11-12,16H2,2-9H3,(H,29,30)/b14-13+,20-17+,21-15+. The lowest BCUT2D eigenvalue weighted by atomic mass is 9.77. The van der Waals surface area contributed by atoms with Crippen LogP contribution in [0.2, 0.25) is 0 Å². The second kappa shape index (κ2) is 11.2. The van der Waals surface area contributed by atoms with E-state index in [4.69, 9.17) is 9.84 Å². The topological polar surface area (TPSA) is 46.5 Å². The molecule has 0 fully saturated rings. The van der Waals surface area contributed by atoms with Crippen molar-refractivity contribution in [2.24, 2.45) is 0 Å². The number of hydrogen-bond acceptors (Lipinski definition) is 2. The number of hydrogen-bond donors (Lipinski definition) is 1. The Morgan fingerprint density at radius 2 is 1.61 bits per heavy atom. The molecule has 0 aliphatic heterocycles. The van der Waals surface area contributed by atoms with Crippen LogP contribution in [0.3, 0.4) is 0 Å². The molecule has 0 saturated carbocycles. The number of carboxylic acids is 1. The van der Waals surface area contributed by atoms with Crippen LogP contribution in [-0.4, -0.2) is 17.7 Å². The maximum atomic E-state index is 10.8. The lowest BCUT2D eigenvalue weighted by molar-refractivity contribution is -0.131. The minimum absolute atomic E-state index is 0.0687. The van der Waals surface area contributed by atoms with Crippen molar-refractivity contribution >= 4 is 11.5 Å². The third kappa shape index (κ3) is 8.61. The van der Waals surface area contributed by atoms with E-state index in [9.17, 15) is 4.79 Å². The van der Waals surface area contributed by atoms with Crippen LogP contribution >= 0.6 is 0 Å². The number of unbranched alkanes of at least 4 members (excludes halogenated alkanes) is 1. The molecule has 170 valence electrons. The van der Waals surface area contributed by atoms with Gasteiger partial charge in [0.1, 0.15) is 5.75 Å². The molecule has 3 nitrogen and oxygen atoms in total. The highest BCUT2D eigenvalue weighted by Crippen LogP contribution is 2.42. The fourth-order valence-electron chi connectivity index (χ4n) is 3.21. The van der Waals surface area contributed by atoms with Crippen molar-refractivity contribution in [2.75, 3.05) is 6.61 Å². The van der Waals surface area contributed by atoms with Crippen molar-refractivity contribution < 1.29 is 14.6 Å². The molecule has 0 aromatic heterocycles. The zero-order valence-corrected chi connectivity index (χ0v) is 20.6. The molecule has 0 heterocycles. The van der Waals surface area contributed by atoms with E-state index < -0.39 is 5.97 Å². The first-order chi connectivity index (χ1) is 14.3. The molecule has 0 amide bonds. The van der Waals surface area contributed by atoms with Gasteiger partial charge < -0.3 is 9.84 Å². The predicted molar refractivity (Wildman–Crippen MR) is 133 cm³/mol. The summed E-state index contributed by atoms with van der Waals surface area (Å²) in [5, 5.41) is 8.86. The Bertz CT molecular complexity index is 833. The van der Waals surface area contributed by atoms with Crippen molar-refractivity contribution in [3.63, 3.8) is 0 Å². The molecule has 0 bridgehead atoms. The summed E-state index contributed by atoms with van der Waals surface area (Å²) in [6, 6.07) is 4.47. The quantitative estimate of drug-likeness (QED) is 0.192. The average molecular weight is 425 g/mol.